The molecule has 214 valence electrons. The van der Waals surface area contributed by atoms with Crippen LogP contribution < -0.4 is 0 Å². The third-order valence-electron chi connectivity index (χ3n) is 7.39. The Morgan fingerprint density at radius 2 is 1.68 bits per heavy atom. The van der Waals surface area contributed by atoms with Crippen LogP contribution in [-0.4, -0.2) is 32.2 Å². The van der Waals surface area contributed by atoms with Gasteiger partial charge in [-0.2, -0.15) is 0 Å². The average molecular weight is 543 g/mol. The van der Waals surface area contributed by atoms with Gasteiger partial charge in [0.25, 0.3) is 0 Å². The van der Waals surface area contributed by atoms with Crippen LogP contribution in [0.4, 0.5) is 0 Å². The predicted molar refractivity (Wildman–Crippen MR) is 161 cm³/mol. The van der Waals surface area contributed by atoms with Crippen molar-refractivity contribution in [3.8, 4) is 0 Å². The highest BCUT2D eigenvalue weighted by Gasteiger charge is 2.31. The second kappa shape index (κ2) is 15.6. The number of carbonyl (C=O) groups excluding carboxylic acids is 2. The zero-order valence-electron chi connectivity index (χ0n) is 25.3. The quantitative estimate of drug-likeness (QED) is 0.134. The standard InChI is InChI=1S/C33H54O4Si/c1-8-9-14-29(32(35)37-33(2,3)4)25-30(31(34)36-23-24-38(5,6)7)22-19-26-17-20-28(21-18-26)27-15-12-10-11-13-16-27/h10,12,17-18,20-21,27,29-30H,8-9,11,13-16,19,22-25H2,1-7H3/t27?,29-,30-/m1/s1. The van der Waals surface area contributed by atoms with Crippen LogP contribution in [0.3, 0.4) is 0 Å². The number of esters is 2. The van der Waals surface area contributed by atoms with Crippen molar-refractivity contribution in [3.63, 3.8) is 0 Å². The summed E-state index contributed by atoms with van der Waals surface area (Å²) in [6, 6.07) is 9.94. The minimum atomic E-state index is -1.30. The van der Waals surface area contributed by atoms with Gasteiger partial charge in [0, 0.05) is 8.07 Å². The first-order chi connectivity index (χ1) is 17.9. The molecule has 1 aliphatic rings. The first-order valence-electron chi connectivity index (χ1n) is 15.0. The van der Waals surface area contributed by atoms with Gasteiger partial charge in [-0.1, -0.05) is 75.8 Å². The molecule has 2 rings (SSSR count). The van der Waals surface area contributed by atoms with Crippen LogP contribution in [0.2, 0.25) is 25.7 Å². The fraction of sp³-hybridized carbons (Fsp3) is 0.697. The first kappa shape index (κ1) is 32.3. The highest BCUT2D eigenvalue weighted by Crippen LogP contribution is 2.30. The highest BCUT2D eigenvalue weighted by atomic mass is 28.3. The molecule has 1 aliphatic carbocycles. The molecule has 0 spiro atoms. The van der Waals surface area contributed by atoms with Crippen molar-refractivity contribution >= 4 is 20.0 Å². The lowest BCUT2D eigenvalue weighted by Crippen LogP contribution is -2.32. The van der Waals surface area contributed by atoms with E-state index in [4.69, 9.17) is 9.47 Å². The Hall–Kier alpha value is -1.88. The Balaban J connectivity index is 2.11. The number of ether oxygens (including phenoxy) is 2. The summed E-state index contributed by atoms with van der Waals surface area (Å²) in [6.07, 6.45) is 14.1. The molecule has 4 nitrogen and oxygen atoms in total. The van der Waals surface area contributed by atoms with Crippen LogP contribution in [0, 0.1) is 11.8 Å². The van der Waals surface area contributed by atoms with Gasteiger partial charge in [0.05, 0.1) is 18.4 Å². The summed E-state index contributed by atoms with van der Waals surface area (Å²) in [6.45, 7) is 15.2. The van der Waals surface area contributed by atoms with E-state index in [9.17, 15) is 9.59 Å². The van der Waals surface area contributed by atoms with Crippen molar-refractivity contribution in [2.24, 2.45) is 11.8 Å². The van der Waals surface area contributed by atoms with Crippen LogP contribution in [0.1, 0.15) is 103 Å². The monoisotopic (exact) mass is 542 g/mol. The van der Waals surface area contributed by atoms with Gasteiger partial charge in [0.2, 0.25) is 0 Å². The molecule has 38 heavy (non-hydrogen) atoms. The number of allylic oxidation sites excluding steroid dienone is 2. The van der Waals surface area contributed by atoms with Gasteiger partial charge in [-0.05, 0) is 95.2 Å². The topological polar surface area (TPSA) is 52.6 Å². The van der Waals surface area contributed by atoms with E-state index in [1.807, 2.05) is 20.8 Å². The molecule has 3 atom stereocenters. The number of aryl methyl sites for hydroxylation is 1. The van der Waals surface area contributed by atoms with Crippen molar-refractivity contribution in [2.45, 2.75) is 129 Å². The number of hydrogen-bond acceptors (Lipinski definition) is 4. The molecule has 5 heteroatoms. The minimum Gasteiger partial charge on any atom is -0.466 e. The zero-order chi connectivity index (χ0) is 28.2. The van der Waals surface area contributed by atoms with Gasteiger partial charge in [-0.3, -0.25) is 9.59 Å². The van der Waals surface area contributed by atoms with Crippen LogP contribution >= 0.6 is 0 Å². The Kier molecular flexibility index (Phi) is 13.3. The molecule has 0 fully saturated rings. The SMILES string of the molecule is CCCC[C@H](C[C@@H](CCc1ccc(C2CC=CCCC2)cc1)C(=O)OCC[Si](C)(C)C)C(=O)OC(C)(C)C. The molecule has 0 saturated carbocycles. The first-order valence-corrected chi connectivity index (χ1v) is 18.7. The molecule has 0 bridgehead atoms. The van der Waals surface area contributed by atoms with Gasteiger partial charge >= 0.3 is 11.9 Å². The molecular formula is C33H54O4Si. The molecule has 0 heterocycles. The van der Waals surface area contributed by atoms with Crippen LogP contribution in [0.15, 0.2) is 36.4 Å². The summed E-state index contributed by atoms with van der Waals surface area (Å²) >= 11 is 0. The van der Waals surface area contributed by atoms with E-state index in [-0.39, 0.29) is 23.8 Å². The molecule has 1 unspecified atom stereocenters. The van der Waals surface area contributed by atoms with Crippen molar-refractivity contribution in [1.82, 2.24) is 0 Å². The summed E-state index contributed by atoms with van der Waals surface area (Å²) < 4.78 is 11.6. The lowest BCUT2D eigenvalue weighted by atomic mass is 9.86. The summed E-state index contributed by atoms with van der Waals surface area (Å²) in [5.74, 6) is -0.333. The van der Waals surface area contributed by atoms with Crippen molar-refractivity contribution in [3.05, 3.63) is 47.5 Å². The average Bonchev–Trinajstić information content (AvgIpc) is 3.11. The Bertz CT molecular complexity index is 876. The van der Waals surface area contributed by atoms with Gasteiger partial charge in [-0.25, -0.2) is 0 Å². The van der Waals surface area contributed by atoms with Crippen LogP contribution in [0.5, 0.6) is 0 Å². The molecular weight excluding hydrogens is 488 g/mol. The number of benzene rings is 1. The van der Waals surface area contributed by atoms with E-state index in [0.29, 0.717) is 25.4 Å². The number of carbonyl (C=O) groups is 2. The Labute approximate surface area is 234 Å². The van der Waals surface area contributed by atoms with Gasteiger partial charge < -0.3 is 9.47 Å². The molecule has 1 aromatic rings. The van der Waals surface area contributed by atoms with E-state index in [1.54, 1.807) is 0 Å². The van der Waals surface area contributed by atoms with Crippen molar-refractivity contribution in [1.29, 1.82) is 0 Å². The molecule has 0 N–H and O–H groups in total. The highest BCUT2D eigenvalue weighted by molar-refractivity contribution is 6.76. The van der Waals surface area contributed by atoms with E-state index < -0.39 is 13.7 Å². The van der Waals surface area contributed by atoms with Gasteiger partial charge in [0.15, 0.2) is 0 Å². The minimum absolute atomic E-state index is 0.157. The van der Waals surface area contributed by atoms with Gasteiger partial charge in [0.1, 0.15) is 5.60 Å². The van der Waals surface area contributed by atoms with E-state index in [1.165, 1.54) is 30.4 Å². The summed E-state index contributed by atoms with van der Waals surface area (Å²) in [5.41, 5.74) is 2.11. The van der Waals surface area contributed by atoms with E-state index in [0.717, 1.165) is 38.1 Å². The van der Waals surface area contributed by atoms with E-state index in [2.05, 4.69) is 63.0 Å². The number of hydrogen-bond donors (Lipinski definition) is 0. The van der Waals surface area contributed by atoms with E-state index >= 15 is 0 Å². The smallest absolute Gasteiger partial charge is 0.309 e. The number of unbranched alkanes of at least 4 members (excludes halogenated alkanes) is 1. The van der Waals surface area contributed by atoms with Crippen LogP contribution in [0.25, 0.3) is 0 Å². The predicted octanol–water partition coefficient (Wildman–Crippen LogP) is 8.87. The number of rotatable bonds is 14. The third kappa shape index (κ3) is 12.8. The Morgan fingerprint density at radius 3 is 2.32 bits per heavy atom. The normalized spacial score (nSPS) is 17.9. The van der Waals surface area contributed by atoms with Crippen molar-refractivity contribution < 1.29 is 19.1 Å². The molecule has 0 saturated heterocycles. The third-order valence-corrected chi connectivity index (χ3v) is 9.09. The zero-order valence-corrected chi connectivity index (χ0v) is 26.3. The molecule has 0 amide bonds. The summed E-state index contributed by atoms with van der Waals surface area (Å²) in [5, 5.41) is 0. The molecule has 0 aromatic heterocycles. The summed E-state index contributed by atoms with van der Waals surface area (Å²) in [4.78, 5) is 26.4. The lowest BCUT2D eigenvalue weighted by Gasteiger charge is -2.26. The fourth-order valence-electron chi connectivity index (χ4n) is 5.00. The van der Waals surface area contributed by atoms with Crippen molar-refractivity contribution in [2.75, 3.05) is 6.61 Å². The molecule has 0 aliphatic heterocycles. The van der Waals surface area contributed by atoms with Gasteiger partial charge in [-0.15, -0.1) is 0 Å². The second-order valence-corrected chi connectivity index (χ2v) is 19.0. The second-order valence-electron chi connectivity index (χ2n) is 13.4. The molecule has 1 aromatic carbocycles. The summed E-state index contributed by atoms with van der Waals surface area (Å²) in [7, 11) is -1.30. The van der Waals surface area contributed by atoms with Crippen LogP contribution in [-0.2, 0) is 25.5 Å². The molecule has 0 radical (unpaired) electrons. The fourth-order valence-corrected chi connectivity index (χ4v) is 5.71. The lowest BCUT2D eigenvalue weighted by molar-refractivity contribution is -0.162. The maximum Gasteiger partial charge on any atom is 0.309 e. The maximum absolute atomic E-state index is 13.3. The maximum atomic E-state index is 13.3. The largest absolute Gasteiger partial charge is 0.466 e. The Morgan fingerprint density at radius 1 is 1.00 bits per heavy atom.